The Morgan fingerprint density at radius 2 is 1.86 bits per heavy atom. The Hall–Kier alpha value is -1.32. The zero-order valence-electron chi connectivity index (χ0n) is 11.0. The Kier molecular flexibility index (Phi) is 4.45. The van der Waals surface area contributed by atoms with Crippen molar-refractivity contribution in [1.82, 2.24) is 4.31 Å². The van der Waals surface area contributed by atoms with Crippen molar-refractivity contribution in [2.24, 2.45) is 5.73 Å². The number of halogens is 3. The summed E-state index contributed by atoms with van der Waals surface area (Å²) in [4.78, 5) is -0.0777. The van der Waals surface area contributed by atoms with Gasteiger partial charge >= 0.3 is 6.36 Å². The van der Waals surface area contributed by atoms with Gasteiger partial charge in [0.05, 0.1) is 4.90 Å². The van der Waals surface area contributed by atoms with E-state index in [1.54, 1.807) is 0 Å². The van der Waals surface area contributed by atoms with Gasteiger partial charge in [-0.2, -0.15) is 4.31 Å². The molecule has 0 saturated carbocycles. The fraction of sp³-hybridized carbons (Fsp3) is 0.500. The van der Waals surface area contributed by atoms with Crippen LogP contribution >= 0.6 is 0 Å². The van der Waals surface area contributed by atoms with Gasteiger partial charge in [-0.3, -0.25) is 0 Å². The largest absolute Gasteiger partial charge is 0.573 e. The lowest BCUT2D eigenvalue weighted by atomic mass is 10.1. The van der Waals surface area contributed by atoms with Crippen molar-refractivity contribution in [3.05, 3.63) is 24.3 Å². The van der Waals surface area contributed by atoms with Crippen LogP contribution in [-0.2, 0) is 10.0 Å². The van der Waals surface area contributed by atoms with Gasteiger partial charge in [-0.1, -0.05) is 0 Å². The number of benzene rings is 1. The molecule has 1 aliphatic rings. The van der Waals surface area contributed by atoms with Crippen molar-refractivity contribution < 1.29 is 26.3 Å². The molecule has 0 aromatic heterocycles. The second kappa shape index (κ2) is 5.82. The van der Waals surface area contributed by atoms with Crippen molar-refractivity contribution in [1.29, 1.82) is 0 Å². The van der Waals surface area contributed by atoms with Crippen molar-refractivity contribution in [3.63, 3.8) is 0 Å². The van der Waals surface area contributed by atoms with Crippen LogP contribution in [0.2, 0.25) is 0 Å². The molecule has 0 bridgehead atoms. The van der Waals surface area contributed by atoms with Gasteiger partial charge in [-0.25, -0.2) is 8.42 Å². The summed E-state index contributed by atoms with van der Waals surface area (Å²) in [6.07, 6.45) is -3.39. The van der Waals surface area contributed by atoms with Crippen LogP contribution in [0.15, 0.2) is 29.2 Å². The molecule has 9 heteroatoms. The molecule has 0 spiro atoms. The maximum Gasteiger partial charge on any atom is 0.573 e. The standard InChI is InChI=1S/C12H15F3N2O3S/c13-12(14,15)20-10-3-5-11(6-4-10)21(18,19)17-7-1-2-9(16)8-17/h3-6,9H,1-2,7-8,16H2. The molecule has 1 fully saturated rings. The predicted octanol–water partition coefficient (Wildman–Crippen LogP) is 1.70. The van der Waals surface area contributed by atoms with Crippen LogP contribution in [0.5, 0.6) is 5.75 Å². The molecule has 1 aromatic rings. The molecule has 1 atom stereocenters. The lowest BCUT2D eigenvalue weighted by Crippen LogP contribution is -2.45. The normalized spacial score (nSPS) is 21.2. The topological polar surface area (TPSA) is 72.6 Å². The zero-order valence-corrected chi connectivity index (χ0v) is 11.8. The number of alkyl halides is 3. The molecular weight excluding hydrogens is 309 g/mol. The summed E-state index contributed by atoms with van der Waals surface area (Å²) < 4.78 is 65.8. The minimum Gasteiger partial charge on any atom is -0.406 e. The average Bonchev–Trinajstić information content (AvgIpc) is 2.37. The molecule has 1 aromatic carbocycles. The molecule has 118 valence electrons. The number of piperidine rings is 1. The van der Waals surface area contributed by atoms with Crippen LogP contribution in [-0.4, -0.2) is 38.2 Å². The quantitative estimate of drug-likeness (QED) is 0.918. The lowest BCUT2D eigenvalue weighted by molar-refractivity contribution is -0.274. The third kappa shape index (κ3) is 4.08. The summed E-state index contributed by atoms with van der Waals surface area (Å²) in [7, 11) is -3.74. The third-order valence-corrected chi connectivity index (χ3v) is 5.00. The van der Waals surface area contributed by atoms with E-state index in [0.29, 0.717) is 13.0 Å². The maximum absolute atomic E-state index is 12.3. The van der Waals surface area contributed by atoms with Crippen LogP contribution in [0.4, 0.5) is 13.2 Å². The van der Waals surface area contributed by atoms with Crippen LogP contribution in [0.3, 0.4) is 0 Å². The first-order valence-corrected chi connectivity index (χ1v) is 7.74. The summed E-state index contributed by atoms with van der Waals surface area (Å²) >= 11 is 0. The first kappa shape index (κ1) is 16.1. The van der Waals surface area contributed by atoms with Crippen molar-refractivity contribution in [2.75, 3.05) is 13.1 Å². The average molecular weight is 324 g/mol. The summed E-state index contributed by atoms with van der Waals surface area (Å²) in [6.45, 7) is 0.569. The first-order valence-electron chi connectivity index (χ1n) is 6.30. The van der Waals surface area contributed by atoms with Gasteiger partial charge in [0.25, 0.3) is 0 Å². The second-order valence-corrected chi connectivity index (χ2v) is 6.72. The van der Waals surface area contributed by atoms with Crippen LogP contribution in [0.25, 0.3) is 0 Å². The van der Waals surface area contributed by atoms with Crippen molar-refractivity contribution in [2.45, 2.75) is 30.1 Å². The van der Waals surface area contributed by atoms with E-state index in [0.717, 1.165) is 30.7 Å². The molecule has 0 radical (unpaired) electrons. The molecule has 0 aliphatic carbocycles. The van der Waals surface area contributed by atoms with Gasteiger partial charge in [-0.05, 0) is 37.1 Å². The van der Waals surface area contributed by atoms with E-state index in [1.165, 1.54) is 4.31 Å². The number of nitrogens with zero attached hydrogens (tertiary/aromatic N) is 1. The number of hydrogen-bond donors (Lipinski definition) is 1. The Bertz CT molecular complexity index is 587. The van der Waals surface area contributed by atoms with E-state index in [4.69, 9.17) is 5.73 Å². The number of rotatable bonds is 3. The predicted molar refractivity (Wildman–Crippen MR) is 69.1 cm³/mol. The fourth-order valence-corrected chi connectivity index (χ4v) is 3.69. The summed E-state index contributed by atoms with van der Waals surface area (Å²) in [6, 6.07) is 3.92. The van der Waals surface area contributed by atoms with E-state index in [-0.39, 0.29) is 17.5 Å². The Morgan fingerprint density at radius 3 is 2.38 bits per heavy atom. The second-order valence-electron chi connectivity index (χ2n) is 4.78. The van der Waals surface area contributed by atoms with Crippen molar-refractivity contribution >= 4 is 10.0 Å². The van der Waals surface area contributed by atoms with Gasteiger partial charge in [0.1, 0.15) is 5.75 Å². The minimum absolute atomic E-state index is 0.0777. The number of nitrogens with two attached hydrogens (primary N) is 1. The van der Waals surface area contributed by atoms with E-state index >= 15 is 0 Å². The van der Waals surface area contributed by atoms with Crippen LogP contribution in [0, 0.1) is 0 Å². The van der Waals surface area contributed by atoms with Gasteiger partial charge in [-0.15, -0.1) is 13.2 Å². The highest BCUT2D eigenvalue weighted by Crippen LogP contribution is 2.26. The number of ether oxygens (including phenoxy) is 1. The minimum atomic E-state index is -4.81. The summed E-state index contributed by atoms with van der Waals surface area (Å²) in [5, 5.41) is 0. The monoisotopic (exact) mass is 324 g/mol. The van der Waals surface area contributed by atoms with E-state index in [2.05, 4.69) is 4.74 Å². The fourth-order valence-electron chi connectivity index (χ4n) is 2.15. The molecule has 2 N–H and O–H groups in total. The molecule has 1 heterocycles. The number of hydrogen-bond acceptors (Lipinski definition) is 4. The SMILES string of the molecule is NC1CCCN(S(=O)(=O)c2ccc(OC(F)(F)F)cc2)C1. The lowest BCUT2D eigenvalue weighted by Gasteiger charge is -2.29. The molecule has 5 nitrogen and oxygen atoms in total. The van der Waals surface area contributed by atoms with Crippen molar-refractivity contribution in [3.8, 4) is 5.75 Å². The highest BCUT2D eigenvalue weighted by Gasteiger charge is 2.32. The Labute approximate surface area is 120 Å². The highest BCUT2D eigenvalue weighted by molar-refractivity contribution is 7.89. The molecule has 0 amide bonds. The molecular formula is C12H15F3N2O3S. The number of sulfonamides is 1. The van der Waals surface area contributed by atoms with E-state index in [9.17, 15) is 21.6 Å². The Morgan fingerprint density at radius 1 is 1.24 bits per heavy atom. The van der Waals surface area contributed by atoms with Crippen LogP contribution in [0.1, 0.15) is 12.8 Å². The van der Waals surface area contributed by atoms with Gasteiger partial charge in [0.2, 0.25) is 10.0 Å². The molecule has 1 saturated heterocycles. The zero-order chi connectivity index (χ0) is 15.7. The third-order valence-electron chi connectivity index (χ3n) is 3.12. The highest BCUT2D eigenvalue weighted by atomic mass is 32.2. The first-order chi connectivity index (χ1) is 9.68. The maximum atomic E-state index is 12.3. The van der Waals surface area contributed by atoms with E-state index in [1.807, 2.05) is 0 Å². The van der Waals surface area contributed by atoms with Gasteiger partial charge < -0.3 is 10.5 Å². The van der Waals surface area contributed by atoms with Gasteiger partial charge in [0, 0.05) is 19.1 Å². The molecule has 21 heavy (non-hydrogen) atoms. The van der Waals surface area contributed by atoms with Crippen LogP contribution < -0.4 is 10.5 Å². The molecule has 2 rings (SSSR count). The van der Waals surface area contributed by atoms with E-state index < -0.39 is 22.1 Å². The smallest absolute Gasteiger partial charge is 0.406 e. The molecule has 1 aliphatic heterocycles. The summed E-state index contributed by atoms with van der Waals surface area (Å²) in [5.41, 5.74) is 5.74. The summed E-state index contributed by atoms with van der Waals surface area (Å²) in [5.74, 6) is -0.461. The Balaban J connectivity index is 2.17. The molecule has 1 unspecified atom stereocenters. The van der Waals surface area contributed by atoms with Gasteiger partial charge in [0.15, 0.2) is 0 Å².